The van der Waals surface area contributed by atoms with Crippen molar-refractivity contribution < 1.29 is 19.3 Å². The first-order valence-electron chi connectivity index (χ1n) is 4.03. The Kier molecular flexibility index (Phi) is 2.39. The van der Waals surface area contributed by atoms with E-state index in [0.29, 0.717) is 27.8 Å². The normalized spacial score (nSPS) is 13.1. The quantitative estimate of drug-likeness (QED) is 0.815. The second kappa shape index (κ2) is 3.55. The molecular formula is C9H9ClO4. The lowest BCUT2D eigenvalue weighted by Gasteiger charge is -2.10. The minimum Gasteiger partial charge on any atom is -0.495 e. The van der Waals surface area contributed by atoms with Gasteiger partial charge in [-0.15, -0.1) is 0 Å². The Morgan fingerprint density at radius 1 is 1.57 bits per heavy atom. The van der Waals surface area contributed by atoms with E-state index in [1.54, 1.807) is 6.07 Å². The van der Waals surface area contributed by atoms with Crippen LogP contribution in [0.1, 0.15) is 5.56 Å². The standard InChI is InChI=1S/C9H9ClO4/c1-12-8-5(3-11)9-7(2-6(8)10)13-4-14-9/h2,11H,3-4H2,1H3. The molecule has 1 aromatic rings. The Labute approximate surface area is 86.0 Å². The fourth-order valence-electron chi connectivity index (χ4n) is 1.42. The highest BCUT2D eigenvalue weighted by Crippen LogP contribution is 2.45. The molecular weight excluding hydrogens is 208 g/mol. The number of rotatable bonds is 2. The number of ether oxygens (including phenoxy) is 3. The van der Waals surface area contributed by atoms with Crippen LogP contribution in [0.5, 0.6) is 17.2 Å². The topological polar surface area (TPSA) is 47.9 Å². The average molecular weight is 217 g/mol. The molecule has 0 spiro atoms. The Bertz CT molecular complexity index is 361. The van der Waals surface area contributed by atoms with Gasteiger partial charge in [0.25, 0.3) is 0 Å². The van der Waals surface area contributed by atoms with Crippen LogP contribution in [0.3, 0.4) is 0 Å². The zero-order valence-electron chi connectivity index (χ0n) is 7.54. The lowest BCUT2D eigenvalue weighted by Crippen LogP contribution is -1.96. The van der Waals surface area contributed by atoms with Gasteiger partial charge in [0.15, 0.2) is 11.5 Å². The number of benzene rings is 1. The van der Waals surface area contributed by atoms with E-state index in [1.807, 2.05) is 0 Å². The number of hydrogen-bond donors (Lipinski definition) is 1. The van der Waals surface area contributed by atoms with Gasteiger partial charge in [-0.2, -0.15) is 0 Å². The summed E-state index contributed by atoms with van der Waals surface area (Å²) < 4.78 is 15.4. The van der Waals surface area contributed by atoms with Crippen molar-refractivity contribution in [2.24, 2.45) is 0 Å². The highest BCUT2D eigenvalue weighted by Gasteiger charge is 2.23. The number of aliphatic hydroxyl groups is 1. The molecule has 0 atom stereocenters. The van der Waals surface area contributed by atoms with Crippen molar-refractivity contribution in [1.29, 1.82) is 0 Å². The second-order valence-corrected chi connectivity index (χ2v) is 3.17. The molecule has 4 nitrogen and oxygen atoms in total. The highest BCUT2D eigenvalue weighted by molar-refractivity contribution is 6.32. The molecule has 1 N–H and O–H groups in total. The molecule has 76 valence electrons. The lowest BCUT2D eigenvalue weighted by atomic mass is 10.1. The second-order valence-electron chi connectivity index (χ2n) is 2.76. The molecule has 0 aromatic heterocycles. The van der Waals surface area contributed by atoms with Crippen molar-refractivity contribution >= 4 is 11.6 Å². The van der Waals surface area contributed by atoms with Crippen molar-refractivity contribution in [2.45, 2.75) is 6.61 Å². The van der Waals surface area contributed by atoms with Crippen LogP contribution in [0.4, 0.5) is 0 Å². The average Bonchev–Trinajstić information content (AvgIpc) is 2.62. The predicted octanol–water partition coefficient (Wildman–Crippen LogP) is 1.57. The van der Waals surface area contributed by atoms with Crippen LogP contribution in [-0.2, 0) is 6.61 Å². The summed E-state index contributed by atoms with van der Waals surface area (Å²) >= 11 is 5.92. The largest absolute Gasteiger partial charge is 0.495 e. The van der Waals surface area contributed by atoms with Crippen molar-refractivity contribution in [3.63, 3.8) is 0 Å². The number of fused-ring (bicyclic) bond motifs is 1. The summed E-state index contributed by atoms with van der Waals surface area (Å²) in [6.07, 6.45) is 0. The van der Waals surface area contributed by atoms with Gasteiger partial charge >= 0.3 is 0 Å². The summed E-state index contributed by atoms with van der Waals surface area (Å²) in [5, 5.41) is 9.57. The van der Waals surface area contributed by atoms with E-state index < -0.39 is 0 Å². The molecule has 0 aliphatic carbocycles. The Hall–Kier alpha value is -1.13. The zero-order chi connectivity index (χ0) is 10.1. The number of aliphatic hydroxyl groups excluding tert-OH is 1. The molecule has 1 aliphatic rings. The molecule has 2 rings (SSSR count). The van der Waals surface area contributed by atoms with Crippen LogP contribution < -0.4 is 14.2 Å². The number of methoxy groups -OCH3 is 1. The van der Waals surface area contributed by atoms with Gasteiger partial charge in [-0.25, -0.2) is 0 Å². The van der Waals surface area contributed by atoms with Crippen LogP contribution in [0, 0.1) is 0 Å². The zero-order valence-corrected chi connectivity index (χ0v) is 8.30. The third-order valence-corrected chi connectivity index (χ3v) is 2.31. The maximum absolute atomic E-state index is 9.16. The Morgan fingerprint density at radius 2 is 2.36 bits per heavy atom. The van der Waals surface area contributed by atoms with Crippen LogP contribution in [0.15, 0.2) is 6.07 Å². The summed E-state index contributed by atoms with van der Waals surface area (Å²) in [5.41, 5.74) is 0.521. The van der Waals surface area contributed by atoms with Gasteiger partial charge in [0, 0.05) is 6.07 Å². The highest BCUT2D eigenvalue weighted by atomic mass is 35.5. The van der Waals surface area contributed by atoms with Gasteiger partial charge in [-0.3, -0.25) is 0 Å². The van der Waals surface area contributed by atoms with Crippen LogP contribution >= 0.6 is 11.6 Å². The Morgan fingerprint density at radius 3 is 3.00 bits per heavy atom. The first-order chi connectivity index (χ1) is 6.77. The maximum atomic E-state index is 9.16. The van der Waals surface area contributed by atoms with Crippen LogP contribution in [0.25, 0.3) is 0 Å². The minimum atomic E-state index is -0.199. The van der Waals surface area contributed by atoms with Gasteiger partial charge in [0.05, 0.1) is 24.3 Å². The summed E-state index contributed by atoms with van der Waals surface area (Å²) in [5.74, 6) is 1.48. The fourth-order valence-corrected chi connectivity index (χ4v) is 1.71. The van der Waals surface area contributed by atoms with Gasteiger partial charge in [-0.05, 0) is 0 Å². The molecule has 1 aliphatic heterocycles. The monoisotopic (exact) mass is 216 g/mol. The smallest absolute Gasteiger partial charge is 0.231 e. The van der Waals surface area contributed by atoms with Crippen molar-refractivity contribution in [1.82, 2.24) is 0 Å². The maximum Gasteiger partial charge on any atom is 0.231 e. The molecule has 1 heterocycles. The van der Waals surface area contributed by atoms with E-state index in [1.165, 1.54) is 7.11 Å². The van der Waals surface area contributed by atoms with E-state index >= 15 is 0 Å². The van der Waals surface area contributed by atoms with Gasteiger partial charge in [-0.1, -0.05) is 11.6 Å². The molecule has 1 aromatic carbocycles. The third kappa shape index (κ3) is 1.27. The number of hydrogen-bond acceptors (Lipinski definition) is 4. The van der Waals surface area contributed by atoms with E-state index in [4.69, 9.17) is 30.9 Å². The molecule has 14 heavy (non-hydrogen) atoms. The molecule has 0 bridgehead atoms. The number of halogens is 1. The molecule has 0 unspecified atom stereocenters. The Balaban J connectivity index is 2.62. The third-order valence-electron chi connectivity index (χ3n) is 2.03. The van der Waals surface area contributed by atoms with E-state index in [2.05, 4.69) is 0 Å². The minimum absolute atomic E-state index is 0.145. The van der Waals surface area contributed by atoms with Gasteiger partial charge in [0.2, 0.25) is 6.79 Å². The molecule has 0 amide bonds. The van der Waals surface area contributed by atoms with Crippen molar-refractivity contribution in [2.75, 3.05) is 13.9 Å². The van der Waals surface area contributed by atoms with Crippen LogP contribution in [0.2, 0.25) is 5.02 Å². The fraction of sp³-hybridized carbons (Fsp3) is 0.333. The first-order valence-corrected chi connectivity index (χ1v) is 4.41. The van der Waals surface area contributed by atoms with E-state index in [-0.39, 0.29) is 13.4 Å². The molecule has 0 fully saturated rings. The SMILES string of the molecule is COc1c(Cl)cc2c(c1CO)OCO2. The first kappa shape index (κ1) is 9.43. The molecule has 5 heteroatoms. The van der Waals surface area contributed by atoms with Crippen LogP contribution in [-0.4, -0.2) is 19.0 Å². The van der Waals surface area contributed by atoms with Gasteiger partial charge < -0.3 is 19.3 Å². The van der Waals surface area contributed by atoms with E-state index in [0.717, 1.165) is 0 Å². The van der Waals surface area contributed by atoms with Crippen molar-refractivity contribution in [3.8, 4) is 17.2 Å². The summed E-state index contributed by atoms with van der Waals surface area (Å²) in [4.78, 5) is 0. The summed E-state index contributed by atoms with van der Waals surface area (Å²) in [6, 6.07) is 1.61. The molecule has 0 radical (unpaired) electrons. The summed E-state index contributed by atoms with van der Waals surface area (Å²) in [7, 11) is 1.49. The summed E-state index contributed by atoms with van der Waals surface area (Å²) in [6.45, 7) is -0.0543. The van der Waals surface area contributed by atoms with E-state index in [9.17, 15) is 0 Å². The predicted molar refractivity (Wildman–Crippen MR) is 50.0 cm³/mol. The molecule has 0 saturated heterocycles. The lowest BCUT2D eigenvalue weighted by molar-refractivity contribution is 0.171. The van der Waals surface area contributed by atoms with Gasteiger partial charge in [0.1, 0.15) is 5.75 Å². The van der Waals surface area contributed by atoms with Crippen molar-refractivity contribution in [3.05, 3.63) is 16.7 Å². The molecule has 0 saturated carbocycles.